The lowest BCUT2D eigenvalue weighted by atomic mass is 10.1. The molecule has 0 radical (unpaired) electrons. The first kappa shape index (κ1) is 12.5. The molecule has 1 fully saturated rings. The van der Waals surface area contributed by atoms with Gasteiger partial charge in [0.15, 0.2) is 10.8 Å². The zero-order chi connectivity index (χ0) is 12.4. The van der Waals surface area contributed by atoms with Gasteiger partial charge in [-0.25, -0.2) is 4.98 Å². The van der Waals surface area contributed by atoms with E-state index in [-0.39, 0.29) is 0 Å². The Labute approximate surface area is 120 Å². The van der Waals surface area contributed by atoms with Gasteiger partial charge in [0.2, 0.25) is 0 Å². The van der Waals surface area contributed by atoms with E-state index in [1.807, 2.05) is 0 Å². The number of alkyl halides is 1. The van der Waals surface area contributed by atoms with Gasteiger partial charge in [0.25, 0.3) is 0 Å². The molecule has 3 rings (SSSR count). The molecule has 18 heavy (non-hydrogen) atoms. The van der Waals surface area contributed by atoms with E-state index in [0.717, 1.165) is 23.4 Å². The highest BCUT2D eigenvalue weighted by Gasteiger charge is 2.18. The zero-order valence-corrected chi connectivity index (χ0v) is 12.8. The van der Waals surface area contributed by atoms with Crippen LogP contribution >= 0.6 is 27.3 Å². The summed E-state index contributed by atoms with van der Waals surface area (Å²) in [6, 6.07) is 0. The molecule has 0 spiro atoms. The van der Waals surface area contributed by atoms with Gasteiger partial charge in [-0.05, 0) is 12.8 Å². The summed E-state index contributed by atoms with van der Waals surface area (Å²) in [6.07, 6.45) is 8.85. The van der Waals surface area contributed by atoms with Crippen LogP contribution in [0, 0.1) is 0 Å². The van der Waals surface area contributed by atoms with Crippen molar-refractivity contribution >= 4 is 38.0 Å². The van der Waals surface area contributed by atoms with Gasteiger partial charge in [-0.15, -0.1) is 11.3 Å². The third-order valence-corrected chi connectivity index (χ3v) is 4.91. The van der Waals surface area contributed by atoms with Crippen LogP contribution in [0.5, 0.6) is 0 Å². The van der Waals surface area contributed by atoms with Gasteiger partial charge >= 0.3 is 0 Å². The first-order valence-corrected chi connectivity index (χ1v) is 8.65. The van der Waals surface area contributed by atoms with E-state index >= 15 is 0 Å². The molecule has 1 aliphatic rings. The fourth-order valence-corrected chi connectivity index (χ4v) is 3.91. The summed E-state index contributed by atoms with van der Waals surface area (Å²) in [5.74, 6) is 1.20. The number of nitrogens with zero attached hydrogens (tertiary/aromatic N) is 3. The second-order valence-corrected chi connectivity index (χ2v) is 6.26. The monoisotopic (exact) mass is 327 g/mol. The summed E-state index contributed by atoms with van der Waals surface area (Å²) in [6.45, 7) is 2.32. The van der Waals surface area contributed by atoms with Crippen LogP contribution in [0.1, 0.15) is 37.8 Å². The molecule has 0 unspecified atom stereocenters. The Morgan fingerprint density at radius 1 is 1.17 bits per heavy atom. The average molecular weight is 328 g/mol. The highest BCUT2D eigenvalue weighted by atomic mass is 79.9. The van der Waals surface area contributed by atoms with Crippen molar-refractivity contribution in [3.05, 3.63) is 17.3 Å². The quantitative estimate of drug-likeness (QED) is 0.775. The molecule has 98 valence electrons. The van der Waals surface area contributed by atoms with E-state index < -0.39 is 0 Å². The molecular weight excluding hydrogens is 310 g/mol. The van der Waals surface area contributed by atoms with Crippen LogP contribution in [0.15, 0.2) is 11.6 Å². The predicted octanol–water partition coefficient (Wildman–Crippen LogP) is 4.06. The van der Waals surface area contributed by atoms with Crippen LogP contribution in [-0.2, 0) is 5.33 Å². The summed E-state index contributed by atoms with van der Waals surface area (Å²) in [5.41, 5.74) is 1.30. The van der Waals surface area contributed by atoms with Gasteiger partial charge < -0.3 is 4.90 Å². The highest BCUT2D eigenvalue weighted by molar-refractivity contribution is 9.08. The summed E-state index contributed by atoms with van der Waals surface area (Å²) in [5, 5.41) is 2.97. The SMILES string of the molecule is BrCc1c(N2CCCCCCC2)nc2sccn12. The molecule has 0 aromatic carbocycles. The van der Waals surface area contributed by atoms with E-state index in [9.17, 15) is 0 Å². The Bertz CT molecular complexity index is 511. The minimum atomic E-state index is 0.872. The minimum Gasteiger partial charge on any atom is -0.355 e. The number of hydrogen-bond acceptors (Lipinski definition) is 3. The highest BCUT2D eigenvalue weighted by Crippen LogP contribution is 2.28. The molecule has 3 nitrogen and oxygen atoms in total. The van der Waals surface area contributed by atoms with E-state index in [0.29, 0.717) is 0 Å². The smallest absolute Gasteiger partial charge is 0.195 e. The van der Waals surface area contributed by atoms with E-state index in [1.165, 1.54) is 43.6 Å². The van der Waals surface area contributed by atoms with Crippen molar-refractivity contribution in [3.63, 3.8) is 0 Å². The Morgan fingerprint density at radius 3 is 2.61 bits per heavy atom. The molecule has 0 atom stereocenters. The maximum atomic E-state index is 4.82. The van der Waals surface area contributed by atoms with Crippen LogP contribution in [-0.4, -0.2) is 22.5 Å². The summed E-state index contributed by atoms with van der Waals surface area (Å²) >= 11 is 5.33. The molecule has 1 aliphatic heterocycles. The summed E-state index contributed by atoms with van der Waals surface area (Å²) < 4.78 is 2.22. The van der Waals surface area contributed by atoms with Gasteiger partial charge in [0.1, 0.15) is 0 Å². The molecule has 0 N–H and O–H groups in total. The topological polar surface area (TPSA) is 20.5 Å². The number of hydrogen-bond donors (Lipinski definition) is 0. The Morgan fingerprint density at radius 2 is 1.89 bits per heavy atom. The molecule has 0 amide bonds. The molecule has 5 heteroatoms. The standard InChI is InChI=1S/C13H18BrN3S/c14-10-11-12(15-13-17(11)8-9-18-13)16-6-4-2-1-3-5-7-16/h8-9H,1-7,10H2. The van der Waals surface area contributed by atoms with Crippen molar-refractivity contribution in [1.29, 1.82) is 0 Å². The van der Waals surface area contributed by atoms with Crippen LogP contribution in [0.3, 0.4) is 0 Å². The molecule has 0 aliphatic carbocycles. The molecular formula is C13H18BrN3S. The Balaban J connectivity index is 1.93. The van der Waals surface area contributed by atoms with Crippen molar-refractivity contribution in [2.45, 2.75) is 37.4 Å². The van der Waals surface area contributed by atoms with Crippen LogP contribution in [0.4, 0.5) is 5.82 Å². The third kappa shape index (κ3) is 2.30. The van der Waals surface area contributed by atoms with E-state index in [2.05, 4.69) is 36.8 Å². The van der Waals surface area contributed by atoms with Crippen molar-refractivity contribution in [3.8, 4) is 0 Å². The zero-order valence-electron chi connectivity index (χ0n) is 10.4. The maximum absolute atomic E-state index is 4.82. The first-order valence-electron chi connectivity index (χ1n) is 6.65. The summed E-state index contributed by atoms with van der Waals surface area (Å²) in [7, 11) is 0. The van der Waals surface area contributed by atoms with Crippen LogP contribution in [0.2, 0.25) is 0 Å². The molecule has 1 saturated heterocycles. The lowest BCUT2D eigenvalue weighted by molar-refractivity contribution is 0.553. The van der Waals surface area contributed by atoms with Crippen molar-refractivity contribution in [1.82, 2.24) is 9.38 Å². The van der Waals surface area contributed by atoms with Crippen molar-refractivity contribution in [2.24, 2.45) is 0 Å². The average Bonchev–Trinajstić information content (AvgIpc) is 2.88. The van der Waals surface area contributed by atoms with Gasteiger partial charge in [0, 0.05) is 30.0 Å². The van der Waals surface area contributed by atoms with Crippen LogP contribution < -0.4 is 4.90 Å². The summed E-state index contributed by atoms with van der Waals surface area (Å²) in [4.78, 5) is 8.41. The van der Waals surface area contributed by atoms with Gasteiger partial charge in [0.05, 0.1) is 5.69 Å². The number of imidazole rings is 1. The Kier molecular flexibility index (Phi) is 3.89. The lowest BCUT2D eigenvalue weighted by Gasteiger charge is -2.25. The number of rotatable bonds is 2. The fourth-order valence-electron chi connectivity index (χ4n) is 2.66. The normalized spacial score (nSPS) is 17.9. The second kappa shape index (κ2) is 5.61. The molecule has 0 saturated carbocycles. The largest absolute Gasteiger partial charge is 0.355 e. The van der Waals surface area contributed by atoms with E-state index in [1.54, 1.807) is 11.3 Å². The van der Waals surface area contributed by atoms with Crippen molar-refractivity contribution in [2.75, 3.05) is 18.0 Å². The maximum Gasteiger partial charge on any atom is 0.195 e. The molecule has 2 aromatic heterocycles. The van der Waals surface area contributed by atoms with Crippen molar-refractivity contribution < 1.29 is 0 Å². The number of anilines is 1. The predicted molar refractivity (Wildman–Crippen MR) is 81.0 cm³/mol. The molecule has 0 bridgehead atoms. The van der Waals surface area contributed by atoms with Gasteiger partial charge in [-0.1, -0.05) is 35.2 Å². The van der Waals surface area contributed by atoms with Crippen LogP contribution in [0.25, 0.3) is 4.96 Å². The van der Waals surface area contributed by atoms with Gasteiger partial charge in [-0.2, -0.15) is 0 Å². The number of halogens is 1. The van der Waals surface area contributed by atoms with Gasteiger partial charge in [-0.3, -0.25) is 4.40 Å². The van der Waals surface area contributed by atoms with E-state index in [4.69, 9.17) is 4.98 Å². The number of aromatic nitrogens is 2. The number of fused-ring (bicyclic) bond motifs is 1. The Hall–Kier alpha value is -0.550. The molecule has 3 heterocycles. The molecule has 2 aromatic rings. The second-order valence-electron chi connectivity index (χ2n) is 4.83. The lowest BCUT2D eigenvalue weighted by Crippen LogP contribution is -2.28. The minimum absolute atomic E-state index is 0.872. The fraction of sp³-hybridized carbons (Fsp3) is 0.615. The first-order chi connectivity index (χ1) is 8.90. The third-order valence-electron chi connectivity index (χ3n) is 3.62. The number of thiazole rings is 1.